The number of nitrogens with one attached hydrogen (secondary N) is 1. The smallest absolute Gasteiger partial charge is 0.262 e. The number of hydrogen-bond acceptors (Lipinski definition) is 3. The van der Waals surface area contributed by atoms with Crippen molar-refractivity contribution in [3.63, 3.8) is 0 Å². The molecule has 0 unspecified atom stereocenters. The average Bonchev–Trinajstić information content (AvgIpc) is 1.97. The molecule has 11 heavy (non-hydrogen) atoms. The van der Waals surface area contributed by atoms with Crippen molar-refractivity contribution in [1.82, 2.24) is 4.98 Å². The van der Waals surface area contributed by atoms with Gasteiger partial charge in [0, 0.05) is 0 Å². The number of pyridine rings is 1. The largest absolute Gasteiger partial charge is 0.323 e. The molecule has 0 atom stereocenters. The fourth-order valence-electron chi connectivity index (χ4n) is 0.648. The van der Waals surface area contributed by atoms with Gasteiger partial charge >= 0.3 is 0 Å². The zero-order chi connectivity index (χ0) is 8.43. The molecule has 1 N–H and O–H groups in total. The van der Waals surface area contributed by atoms with E-state index in [9.17, 15) is 9.18 Å². The van der Waals surface area contributed by atoms with Crippen LogP contribution in [0.25, 0.3) is 0 Å². The highest BCUT2D eigenvalue weighted by Crippen LogP contribution is 2.17. The molecule has 1 aromatic rings. The van der Waals surface area contributed by atoms with Crippen LogP contribution in [-0.4, -0.2) is 4.98 Å². The van der Waals surface area contributed by atoms with E-state index < -0.39 is 5.82 Å². The molecule has 0 saturated heterocycles. The maximum absolute atomic E-state index is 12.7. The zero-order valence-electron chi connectivity index (χ0n) is 5.72. The van der Waals surface area contributed by atoms with Crippen molar-refractivity contribution in [2.75, 3.05) is 0 Å². The molecule has 0 aliphatic rings. The Labute approximate surface area is 72.0 Å². The summed E-state index contributed by atoms with van der Waals surface area (Å²) in [5, 5.41) is 0. The first kappa shape index (κ1) is 8.67. The van der Waals surface area contributed by atoms with Gasteiger partial charge in [-0.1, -0.05) is 10.8 Å². The third-order valence-corrected chi connectivity index (χ3v) is 2.33. The summed E-state index contributed by atoms with van der Waals surface area (Å²) in [4.78, 5) is 13.6. The summed E-state index contributed by atoms with van der Waals surface area (Å²) in [6.07, 6.45) is 0. The minimum Gasteiger partial charge on any atom is -0.323 e. The SMILES string of the molecule is Cc1[nH]c(=O)c(SS)cc1F. The van der Waals surface area contributed by atoms with Crippen LogP contribution < -0.4 is 5.56 Å². The van der Waals surface area contributed by atoms with E-state index in [1.807, 2.05) is 0 Å². The molecular formula is C6H6FNOS2. The van der Waals surface area contributed by atoms with Gasteiger partial charge in [-0.25, -0.2) is 4.39 Å². The van der Waals surface area contributed by atoms with Crippen molar-refractivity contribution in [2.24, 2.45) is 0 Å². The van der Waals surface area contributed by atoms with Crippen molar-refractivity contribution in [1.29, 1.82) is 0 Å². The lowest BCUT2D eigenvalue weighted by Gasteiger charge is -1.97. The van der Waals surface area contributed by atoms with Crippen LogP contribution in [0.1, 0.15) is 5.69 Å². The number of H-pyrrole nitrogens is 1. The van der Waals surface area contributed by atoms with E-state index >= 15 is 0 Å². The van der Waals surface area contributed by atoms with Gasteiger partial charge in [0.05, 0.1) is 10.6 Å². The summed E-state index contributed by atoms with van der Waals surface area (Å²) in [6, 6.07) is 1.17. The summed E-state index contributed by atoms with van der Waals surface area (Å²) in [7, 11) is 0.929. The van der Waals surface area contributed by atoms with Gasteiger partial charge in [-0.05, 0) is 13.0 Å². The summed E-state index contributed by atoms with van der Waals surface area (Å²) >= 11 is 3.79. The lowest BCUT2D eigenvalue weighted by molar-refractivity contribution is 0.603. The van der Waals surface area contributed by atoms with Crippen LogP contribution in [0.15, 0.2) is 15.8 Å². The van der Waals surface area contributed by atoms with E-state index in [1.54, 1.807) is 0 Å². The van der Waals surface area contributed by atoms with Crippen LogP contribution in [-0.2, 0) is 0 Å². The van der Waals surface area contributed by atoms with Crippen molar-refractivity contribution in [3.8, 4) is 0 Å². The molecule has 0 radical (unpaired) electrons. The van der Waals surface area contributed by atoms with E-state index in [1.165, 1.54) is 13.0 Å². The minimum atomic E-state index is -0.416. The van der Waals surface area contributed by atoms with Crippen LogP contribution in [0, 0.1) is 12.7 Å². The van der Waals surface area contributed by atoms with Crippen LogP contribution in [0.5, 0.6) is 0 Å². The van der Waals surface area contributed by atoms with Crippen molar-refractivity contribution in [3.05, 3.63) is 27.9 Å². The third kappa shape index (κ3) is 1.78. The molecular weight excluding hydrogens is 185 g/mol. The second-order valence-electron chi connectivity index (χ2n) is 2.03. The van der Waals surface area contributed by atoms with Crippen LogP contribution in [0.4, 0.5) is 4.39 Å². The Balaban J connectivity index is 3.32. The van der Waals surface area contributed by atoms with Gasteiger partial charge in [0.1, 0.15) is 5.82 Å². The molecule has 2 nitrogen and oxygen atoms in total. The lowest BCUT2D eigenvalue weighted by Crippen LogP contribution is -2.10. The van der Waals surface area contributed by atoms with E-state index in [0.29, 0.717) is 0 Å². The van der Waals surface area contributed by atoms with Gasteiger partial charge in [-0.3, -0.25) is 4.79 Å². The average molecular weight is 191 g/mol. The molecule has 60 valence electrons. The molecule has 0 spiro atoms. The monoisotopic (exact) mass is 191 g/mol. The highest BCUT2D eigenvalue weighted by molar-refractivity contribution is 8.68. The topological polar surface area (TPSA) is 32.9 Å². The van der Waals surface area contributed by atoms with Crippen LogP contribution in [0.2, 0.25) is 0 Å². The van der Waals surface area contributed by atoms with Crippen molar-refractivity contribution < 1.29 is 4.39 Å². The Kier molecular flexibility index (Phi) is 2.62. The lowest BCUT2D eigenvalue weighted by atomic mass is 10.4. The fraction of sp³-hybridized carbons (Fsp3) is 0.167. The molecule has 0 aliphatic heterocycles. The number of aromatic amines is 1. The Morgan fingerprint density at radius 3 is 2.91 bits per heavy atom. The van der Waals surface area contributed by atoms with Crippen molar-refractivity contribution in [2.45, 2.75) is 11.8 Å². The maximum Gasteiger partial charge on any atom is 0.262 e. The Hall–Kier alpha value is -0.420. The normalized spacial score (nSPS) is 10.1. The number of hydrogen-bond donors (Lipinski definition) is 2. The summed E-state index contributed by atoms with van der Waals surface area (Å²) in [5.74, 6) is -0.416. The molecule has 1 aromatic heterocycles. The minimum absolute atomic E-state index is 0.251. The van der Waals surface area contributed by atoms with Gasteiger partial charge in [0.2, 0.25) is 0 Å². The maximum atomic E-state index is 12.7. The van der Waals surface area contributed by atoms with Gasteiger partial charge in [-0.2, -0.15) is 0 Å². The second-order valence-corrected chi connectivity index (χ2v) is 3.20. The molecule has 0 amide bonds. The van der Waals surface area contributed by atoms with E-state index in [4.69, 9.17) is 0 Å². The molecule has 0 aliphatic carbocycles. The third-order valence-electron chi connectivity index (χ3n) is 1.24. The number of halogens is 1. The standard InChI is InChI=1S/C6H6FNOS2/c1-3-4(7)2-5(11-10)6(9)8-3/h2,10H,1H3,(H,8,9). The molecule has 0 saturated carbocycles. The van der Waals surface area contributed by atoms with Crippen LogP contribution in [0.3, 0.4) is 0 Å². The number of rotatable bonds is 1. The molecule has 0 fully saturated rings. The molecule has 1 heterocycles. The first-order chi connectivity index (χ1) is 5.15. The first-order valence-electron chi connectivity index (χ1n) is 2.86. The highest BCUT2D eigenvalue weighted by atomic mass is 33.1. The van der Waals surface area contributed by atoms with Gasteiger partial charge < -0.3 is 4.98 Å². The number of thiol groups is 1. The second kappa shape index (κ2) is 3.32. The van der Waals surface area contributed by atoms with E-state index in [2.05, 4.69) is 16.6 Å². The fourth-order valence-corrected chi connectivity index (χ4v) is 1.35. The molecule has 0 aromatic carbocycles. The number of aromatic nitrogens is 1. The summed E-state index contributed by atoms with van der Waals surface area (Å²) in [5.41, 5.74) is -0.0509. The van der Waals surface area contributed by atoms with Crippen molar-refractivity contribution >= 4 is 22.5 Å². The molecule has 1 rings (SSSR count). The predicted octanol–water partition coefficient (Wildman–Crippen LogP) is 1.76. The summed E-state index contributed by atoms with van der Waals surface area (Å²) in [6.45, 7) is 1.50. The number of aryl methyl sites for hydroxylation is 1. The Morgan fingerprint density at radius 1 is 1.73 bits per heavy atom. The highest BCUT2D eigenvalue weighted by Gasteiger charge is 2.03. The molecule has 0 bridgehead atoms. The predicted molar refractivity (Wildman–Crippen MR) is 46.6 cm³/mol. The van der Waals surface area contributed by atoms with E-state index in [0.717, 1.165) is 10.8 Å². The summed E-state index contributed by atoms with van der Waals surface area (Å²) < 4.78 is 12.7. The van der Waals surface area contributed by atoms with E-state index in [-0.39, 0.29) is 16.1 Å². The molecule has 5 heteroatoms. The van der Waals surface area contributed by atoms with Gasteiger partial charge in [-0.15, -0.1) is 11.7 Å². The zero-order valence-corrected chi connectivity index (χ0v) is 7.43. The quantitative estimate of drug-likeness (QED) is 0.523. The Morgan fingerprint density at radius 2 is 2.36 bits per heavy atom. The Bertz CT molecular complexity index is 323. The first-order valence-corrected chi connectivity index (χ1v) is 4.73. The van der Waals surface area contributed by atoms with Gasteiger partial charge in [0.15, 0.2) is 0 Å². The van der Waals surface area contributed by atoms with Crippen LogP contribution >= 0.6 is 22.5 Å². The van der Waals surface area contributed by atoms with Gasteiger partial charge in [0.25, 0.3) is 5.56 Å².